The molecule has 36 heavy (non-hydrogen) atoms. The van der Waals surface area contributed by atoms with E-state index >= 15 is 0 Å². The van der Waals surface area contributed by atoms with Crippen molar-refractivity contribution in [3.8, 4) is 17.2 Å². The lowest BCUT2D eigenvalue weighted by molar-refractivity contribution is -0.144. The Kier molecular flexibility index (Phi) is 7.06. The van der Waals surface area contributed by atoms with Gasteiger partial charge in [0.25, 0.3) is 0 Å². The Morgan fingerprint density at radius 1 is 1.17 bits per heavy atom. The summed E-state index contributed by atoms with van der Waals surface area (Å²) in [5.74, 6) is 0.717. The first kappa shape index (κ1) is 25.3. The van der Waals surface area contributed by atoms with Gasteiger partial charge in [-0.1, -0.05) is 24.3 Å². The van der Waals surface area contributed by atoms with Gasteiger partial charge in [0, 0.05) is 18.0 Å². The standard InChI is InChI=1S/C28H32N2O6/c1-17-15-20-11-12-21(16-22(20)24(26(31)32)30(17)27(33)36-28(3,4)5)34-14-13-23-18(2)35-25(29-23)19-9-7-6-8-10-19/h6-12,16-17,24H,13-15H2,1-5H3,(H,31,32)/t17-,24?/m0/s1. The molecule has 0 aliphatic carbocycles. The van der Waals surface area contributed by atoms with Crippen LogP contribution in [0.15, 0.2) is 52.9 Å². The van der Waals surface area contributed by atoms with Gasteiger partial charge in [0.2, 0.25) is 5.89 Å². The Balaban J connectivity index is 1.49. The third-order valence-corrected chi connectivity index (χ3v) is 6.04. The molecule has 0 bridgehead atoms. The Morgan fingerprint density at radius 3 is 2.56 bits per heavy atom. The highest BCUT2D eigenvalue weighted by molar-refractivity contribution is 5.83. The fraction of sp³-hybridized carbons (Fsp3) is 0.393. The number of oxazole rings is 1. The monoisotopic (exact) mass is 492 g/mol. The largest absolute Gasteiger partial charge is 0.493 e. The van der Waals surface area contributed by atoms with Crippen LogP contribution in [0.1, 0.15) is 56.3 Å². The molecule has 8 nitrogen and oxygen atoms in total. The predicted molar refractivity (Wildman–Crippen MR) is 134 cm³/mol. The van der Waals surface area contributed by atoms with Gasteiger partial charge in [0.1, 0.15) is 17.1 Å². The summed E-state index contributed by atoms with van der Waals surface area (Å²) in [6.07, 6.45) is 0.414. The van der Waals surface area contributed by atoms with Gasteiger partial charge in [0.05, 0.1) is 12.3 Å². The van der Waals surface area contributed by atoms with Crippen molar-refractivity contribution < 1.29 is 28.6 Å². The molecule has 1 aromatic heterocycles. The van der Waals surface area contributed by atoms with Crippen LogP contribution in [0, 0.1) is 6.92 Å². The molecule has 0 fully saturated rings. The van der Waals surface area contributed by atoms with Gasteiger partial charge in [0.15, 0.2) is 6.04 Å². The van der Waals surface area contributed by atoms with E-state index in [-0.39, 0.29) is 6.04 Å². The number of aromatic nitrogens is 1. The second-order valence-corrected chi connectivity index (χ2v) is 10.0. The summed E-state index contributed by atoms with van der Waals surface area (Å²) in [5, 5.41) is 10.1. The summed E-state index contributed by atoms with van der Waals surface area (Å²) in [6, 6.07) is 13.6. The Labute approximate surface area is 210 Å². The predicted octanol–water partition coefficient (Wildman–Crippen LogP) is 5.58. The zero-order valence-corrected chi connectivity index (χ0v) is 21.3. The van der Waals surface area contributed by atoms with Crippen molar-refractivity contribution in [3.05, 3.63) is 71.1 Å². The summed E-state index contributed by atoms with van der Waals surface area (Å²) >= 11 is 0. The number of benzene rings is 2. The van der Waals surface area contributed by atoms with E-state index in [0.29, 0.717) is 36.7 Å². The topological polar surface area (TPSA) is 102 Å². The lowest BCUT2D eigenvalue weighted by atomic mass is 9.88. The lowest BCUT2D eigenvalue weighted by Crippen LogP contribution is -2.50. The number of carboxylic acid groups (broad SMARTS) is 1. The number of rotatable bonds is 6. The highest BCUT2D eigenvalue weighted by Gasteiger charge is 2.42. The molecule has 4 rings (SSSR count). The fourth-order valence-electron chi connectivity index (χ4n) is 4.41. The van der Waals surface area contributed by atoms with Crippen LogP contribution < -0.4 is 4.74 Å². The molecule has 8 heteroatoms. The molecular formula is C28H32N2O6. The molecule has 2 aromatic carbocycles. The molecular weight excluding hydrogens is 460 g/mol. The van der Waals surface area contributed by atoms with Gasteiger partial charge < -0.3 is 19.0 Å². The smallest absolute Gasteiger partial charge is 0.411 e. The summed E-state index contributed by atoms with van der Waals surface area (Å²) in [7, 11) is 0. The van der Waals surface area contributed by atoms with E-state index in [1.54, 1.807) is 26.8 Å². The third kappa shape index (κ3) is 5.53. The number of aryl methyl sites for hydroxylation is 1. The van der Waals surface area contributed by atoms with Gasteiger partial charge in [-0.25, -0.2) is 14.6 Å². The maximum Gasteiger partial charge on any atom is 0.411 e. The number of carbonyl (C=O) groups is 2. The number of nitrogens with zero attached hydrogens (tertiary/aromatic N) is 2. The van der Waals surface area contributed by atoms with Crippen LogP contribution in [-0.2, 0) is 22.4 Å². The van der Waals surface area contributed by atoms with Crippen molar-refractivity contribution in [1.29, 1.82) is 0 Å². The maximum absolute atomic E-state index is 12.9. The number of amides is 1. The van der Waals surface area contributed by atoms with Gasteiger partial charge in [-0.3, -0.25) is 4.90 Å². The second kappa shape index (κ2) is 10.0. The molecule has 1 unspecified atom stereocenters. The van der Waals surface area contributed by atoms with Gasteiger partial charge in [-0.2, -0.15) is 0 Å². The summed E-state index contributed by atoms with van der Waals surface area (Å²) in [6.45, 7) is 9.32. The van der Waals surface area contributed by atoms with Crippen LogP contribution in [0.25, 0.3) is 11.5 Å². The molecule has 3 aromatic rings. The van der Waals surface area contributed by atoms with Crippen LogP contribution in [0.4, 0.5) is 4.79 Å². The number of ether oxygens (including phenoxy) is 2. The molecule has 0 saturated carbocycles. The van der Waals surface area contributed by atoms with Crippen molar-refractivity contribution in [2.24, 2.45) is 0 Å². The molecule has 190 valence electrons. The van der Waals surface area contributed by atoms with Crippen molar-refractivity contribution in [2.45, 2.75) is 65.1 Å². The van der Waals surface area contributed by atoms with E-state index in [2.05, 4.69) is 4.98 Å². The Hall–Kier alpha value is -3.81. The first-order valence-corrected chi connectivity index (χ1v) is 12.0. The zero-order chi connectivity index (χ0) is 26.0. The molecule has 2 heterocycles. The van der Waals surface area contributed by atoms with Crippen molar-refractivity contribution in [2.75, 3.05) is 6.61 Å². The Morgan fingerprint density at radius 2 is 1.89 bits per heavy atom. The molecule has 0 saturated heterocycles. The van der Waals surface area contributed by atoms with Crippen molar-refractivity contribution in [1.82, 2.24) is 9.88 Å². The lowest BCUT2D eigenvalue weighted by Gasteiger charge is -2.40. The third-order valence-electron chi connectivity index (χ3n) is 6.04. The highest BCUT2D eigenvalue weighted by Crippen LogP contribution is 2.36. The zero-order valence-electron chi connectivity index (χ0n) is 21.3. The molecule has 1 aliphatic heterocycles. The maximum atomic E-state index is 12.9. The minimum absolute atomic E-state index is 0.325. The number of fused-ring (bicyclic) bond motifs is 1. The molecule has 0 spiro atoms. The van der Waals surface area contributed by atoms with E-state index < -0.39 is 23.7 Å². The van der Waals surface area contributed by atoms with Gasteiger partial charge in [-0.05, 0) is 76.4 Å². The van der Waals surface area contributed by atoms with E-state index in [0.717, 1.165) is 22.6 Å². The van der Waals surface area contributed by atoms with Crippen LogP contribution in [-0.4, -0.2) is 45.3 Å². The van der Waals surface area contributed by atoms with Crippen LogP contribution in [0.3, 0.4) is 0 Å². The summed E-state index contributed by atoms with van der Waals surface area (Å²) in [4.78, 5) is 31.1. The highest BCUT2D eigenvalue weighted by atomic mass is 16.6. The van der Waals surface area contributed by atoms with Gasteiger partial charge in [-0.15, -0.1) is 0 Å². The first-order chi connectivity index (χ1) is 17.0. The number of hydrogen-bond donors (Lipinski definition) is 1. The van der Waals surface area contributed by atoms with Crippen LogP contribution in [0.5, 0.6) is 5.75 Å². The van der Waals surface area contributed by atoms with Crippen LogP contribution in [0.2, 0.25) is 0 Å². The number of hydrogen-bond acceptors (Lipinski definition) is 6. The molecule has 2 atom stereocenters. The first-order valence-electron chi connectivity index (χ1n) is 12.0. The van der Waals surface area contributed by atoms with Crippen molar-refractivity contribution in [3.63, 3.8) is 0 Å². The normalized spacial score (nSPS) is 17.4. The minimum Gasteiger partial charge on any atom is -0.493 e. The average molecular weight is 493 g/mol. The Bertz CT molecular complexity index is 1240. The van der Waals surface area contributed by atoms with E-state index in [1.165, 1.54) is 4.90 Å². The summed E-state index contributed by atoms with van der Waals surface area (Å²) < 4.78 is 17.3. The molecule has 1 amide bonds. The summed E-state index contributed by atoms with van der Waals surface area (Å²) in [5.41, 5.74) is 2.39. The van der Waals surface area contributed by atoms with Crippen LogP contribution >= 0.6 is 0 Å². The molecule has 1 N–H and O–H groups in total. The van der Waals surface area contributed by atoms with E-state index in [4.69, 9.17) is 13.9 Å². The van der Waals surface area contributed by atoms with Gasteiger partial charge >= 0.3 is 12.1 Å². The minimum atomic E-state index is -1.16. The van der Waals surface area contributed by atoms with E-state index in [1.807, 2.05) is 56.3 Å². The SMILES string of the molecule is Cc1oc(-c2ccccc2)nc1CCOc1ccc2c(c1)C(C(=O)O)N(C(=O)OC(C)(C)C)[C@@H](C)C2. The second-order valence-electron chi connectivity index (χ2n) is 10.0. The quantitative estimate of drug-likeness (QED) is 0.479. The number of carbonyl (C=O) groups excluding carboxylic acids is 1. The number of carboxylic acids is 1. The fourth-order valence-corrected chi connectivity index (χ4v) is 4.41. The molecule has 0 radical (unpaired) electrons. The molecule has 1 aliphatic rings. The average Bonchev–Trinajstić information content (AvgIpc) is 3.18. The van der Waals surface area contributed by atoms with Crippen molar-refractivity contribution >= 4 is 12.1 Å². The van der Waals surface area contributed by atoms with E-state index in [9.17, 15) is 14.7 Å². The number of aliphatic carboxylic acids is 1.